The number of rotatable bonds is 5. The van der Waals surface area contributed by atoms with Crippen LogP contribution in [0.15, 0.2) is 6.07 Å². The standard InChI is InChI=1S/C11H19N3O2/c1-4-8-6-10(14(3)13-8)11(16)12-9(5-2)7-15/h6,9,15H,4-5,7H2,1-3H3,(H,12,16). The van der Waals surface area contributed by atoms with Gasteiger partial charge < -0.3 is 10.4 Å². The normalized spacial score (nSPS) is 12.5. The number of carbonyl (C=O) groups excluding carboxylic acids is 1. The first-order chi connectivity index (χ1) is 7.62. The van der Waals surface area contributed by atoms with Crippen LogP contribution in [-0.4, -0.2) is 33.4 Å². The molecular formula is C11H19N3O2. The molecule has 0 aliphatic heterocycles. The topological polar surface area (TPSA) is 67.2 Å². The van der Waals surface area contributed by atoms with Gasteiger partial charge in [0.25, 0.3) is 5.91 Å². The molecule has 0 bridgehead atoms. The van der Waals surface area contributed by atoms with Gasteiger partial charge in [-0.1, -0.05) is 13.8 Å². The molecular weight excluding hydrogens is 206 g/mol. The minimum Gasteiger partial charge on any atom is -0.394 e. The van der Waals surface area contributed by atoms with Crippen LogP contribution < -0.4 is 5.32 Å². The fourth-order valence-corrected chi connectivity index (χ4v) is 1.45. The number of aliphatic hydroxyl groups excluding tert-OH is 1. The van der Waals surface area contributed by atoms with Crippen LogP contribution in [0, 0.1) is 0 Å². The molecule has 1 rings (SSSR count). The summed E-state index contributed by atoms with van der Waals surface area (Å²) in [4.78, 5) is 11.8. The van der Waals surface area contributed by atoms with E-state index in [0.29, 0.717) is 12.1 Å². The SMILES string of the molecule is CCc1cc(C(=O)NC(CC)CO)n(C)n1. The van der Waals surface area contributed by atoms with Gasteiger partial charge in [0.2, 0.25) is 0 Å². The van der Waals surface area contributed by atoms with Crippen LogP contribution in [-0.2, 0) is 13.5 Å². The van der Waals surface area contributed by atoms with Crippen LogP contribution in [0.3, 0.4) is 0 Å². The van der Waals surface area contributed by atoms with Crippen molar-refractivity contribution in [1.29, 1.82) is 0 Å². The van der Waals surface area contributed by atoms with E-state index in [1.165, 1.54) is 0 Å². The first-order valence-corrected chi connectivity index (χ1v) is 5.57. The molecule has 1 unspecified atom stereocenters. The molecule has 0 saturated carbocycles. The summed E-state index contributed by atoms with van der Waals surface area (Å²) in [6.07, 6.45) is 1.51. The molecule has 1 aromatic heterocycles. The molecule has 5 heteroatoms. The first kappa shape index (κ1) is 12.7. The molecule has 1 amide bonds. The Morgan fingerprint density at radius 3 is 2.75 bits per heavy atom. The molecule has 0 saturated heterocycles. The van der Waals surface area contributed by atoms with Crippen molar-refractivity contribution in [3.8, 4) is 0 Å². The molecule has 1 atom stereocenters. The average Bonchev–Trinajstić information content (AvgIpc) is 2.67. The molecule has 0 aliphatic rings. The fraction of sp³-hybridized carbons (Fsp3) is 0.636. The van der Waals surface area contributed by atoms with Crippen LogP contribution in [0.1, 0.15) is 36.5 Å². The van der Waals surface area contributed by atoms with E-state index in [0.717, 1.165) is 12.1 Å². The molecule has 0 aliphatic carbocycles. The summed E-state index contributed by atoms with van der Waals surface area (Å²) in [6, 6.07) is 1.59. The number of aromatic nitrogens is 2. The van der Waals surface area contributed by atoms with E-state index in [9.17, 15) is 4.79 Å². The van der Waals surface area contributed by atoms with Crippen LogP contribution >= 0.6 is 0 Å². The van der Waals surface area contributed by atoms with Crippen LogP contribution in [0.25, 0.3) is 0 Å². The summed E-state index contributed by atoms with van der Waals surface area (Å²) in [6.45, 7) is 3.87. The third-order valence-electron chi connectivity index (χ3n) is 2.57. The van der Waals surface area contributed by atoms with Crippen molar-refractivity contribution in [1.82, 2.24) is 15.1 Å². The number of aryl methyl sites for hydroxylation is 2. The van der Waals surface area contributed by atoms with Gasteiger partial charge in [0.15, 0.2) is 0 Å². The van der Waals surface area contributed by atoms with Gasteiger partial charge in [-0.2, -0.15) is 5.10 Å². The molecule has 0 aromatic carbocycles. The van der Waals surface area contributed by atoms with E-state index < -0.39 is 0 Å². The summed E-state index contributed by atoms with van der Waals surface area (Å²) in [5.41, 5.74) is 1.42. The maximum atomic E-state index is 11.8. The monoisotopic (exact) mass is 225 g/mol. The van der Waals surface area contributed by atoms with Gasteiger partial charge in [0, 0.05) is 7.05 Å². The highest BCUT2D eigenvalue weighted by molar-refractivity contribution is 5.92. The summed E-state index contributed by atoms with van der Waals surface area (Å²) >= 11 is 0. The predicted octanol–water partition coefficient (Wildman–Crippen LogP) is 0.483. The minimum absolute atomic E-state index is 0.0409. The van der Waals surface area contributed by atoms with E-state index in [1.54, 1.807) is 17.8 Å². The molecule has 1 aromatic rings. The summed E-state index contributed by atoms with van der Waals surface area (Å²) < 4.78 is 1.57. The van der Waals surface area contributed by atoms with E-state index >= 15 is 0 Å². The largest absolute Gasteiger partial charge is 0.394 e. The Balaban J connectivity index is 2.75. The van der Waals surface area contributed by atoms with Crippen molar-refractivity contribution in [2.75, 3.05) is 6.61 Å². The molecule has 2 N–H and O–H groups in total. The van der Waals surface area contributed by atoms with Gasteiger partial charge in [-0.25, -0.2) is 0 Å². The Kier molecular flexibility index (Phi) is 4.49. The molecule has 0 fully saturated rings. The number of hydrogen-bond acceptors (Lipinski definition) is 3. The molecule has 0 spiro atoms. The van der Waals surface area contributed by atoms with Crippen molar-refractivity contribution < 1.29 is 9.90 Å². The number of nitrogens with zero attached hydrogens (tertiary/aromatic N) is 2. The number of hydrogen-bond donors (Lipinski definition) is 2. The lowest BCUT2D eigenvalue weighted by atomic mass is 10.2. The Bertz CT molecular complexity index is 356. The Morgan fingerprint density at radius 2 is 2.31 bits per heavy atom. The van der Waals surface area contributed by atoms with Gasteiger partial charge in [-0.05, 0) is 18.9 Å². The maximum Gasteiger partial charge on any atom is 0.269 e. The number of nitrogens with one attached hydrogen (secondary N) is 1. The van der Waals surface area contributed by atoms with Crippen LogP contribution in [0.2, 0.25) is 0 Å². The average molecular weight is 225 g/mol. The van der Waals surface area contributed by atoms with Crippen LogP contribution in [0.4, 0.5) is 0 Å². The van der Waals surface area contributed by atoms with E-state index in [-0.39, 0.29) is 18.6 Å². The fourth-order valence-electron chi connectivity index (χ4n) is 1.45. The second-order valence-corrected chi connectivity index (χ2v) is 3.76. The van der Waals surface area contributed by atoms with Crippen molar-refractivity contribution in [2.24, 2.45) is 7.05 Å². The lowest BCUT2D eigenvalue weighted by molar-refractivity contribution is 0.0905. The number of amides is 1. The van der Waals surface area contributed by atoms with Gasteiger partial charge in [0.1, 0.15) is 5.69 Å². The van der Waals surface area contributed by atoms with Gasteiger partial charge in [-0.15, -0.1) is 0 Å². The Hall–Kier alpha value is -1.36. The lowest BCUT2D eigenvalue weighted by Gasteiger charge is -2.13. The second kappa shape index (κ2) is 5.65. The molecule has 1 heterocycles. The van der Waals surface area contributed by atoms with Crippen LogP contribution in [0.5, 0.6) is 0 Å². The quantitative estimate of drug-likeness (QED) is 0.766. The highest BCUT2D eigenvalue weighted by Gasteiger charge is 2.15. The van der Waals surface area contributed by atoms with Gasteiger partial charge in [0.05, 0.1) is 18.3 Å². The summed E-state index contributed by atoms with van der Waals surface area (Å²) in [5, 5.41) is 16.0. The molecule has 16 heavy (non-hydrogen) atoms. The van der Waals surface area contributed by atoms with Gasteiger partial charge >= 0.3 is 0 Å². The Labute approximate surface area is 95.5 Å². The van der Waals surface area contributed by atoms with Crippen molar-refractivity contribution in [3.05, 3.63) is 17.5 Å². The van der Waals surface area contributed by atoms with Crippen molar-refractivity contribution >= 4 is 5.91 Å². The number of aliphatic hydroxyl groups is 1. The zero-order chi connectivity index (χ0) is 12.1. The molecule has 0 radical (unpaired) electrons. The zero-order valence-corrected chi connectivity index (χ0v) is 10.0. The zero-order valence-electron chi connectivity index (χ0n) is 10.0. The predicted molar refractivity (Wildman–Crippen MR) is 61.2 cm³/mol. The van der Waals surface area contributed by atoms with Gasteiger partial charge in [-0.3, -0.25) is 9.48 Å². The third-order valence-corrected chi connectivity index (χ3v) is 2.57. The van der Waals surface area contributed by atoms with E-state index in [2.05, 4.69) is 10.4 Å². The highest BCUT2D eigenvalue weighted by Crippen LogP contribution is 2.04. The molecule has 90 valence electrons. The highest BCUT2D eigenvalue weighted by atomic mass is 16.3. The lowest BCUT2D eigenvalue weighted by Crippen LogP contribution is -2.37. The number of carbonyl (C=O) groups is 1. The van der Waals surface area contributed by atoms with E-state index in [1.807, 2.05) is 13.8 Å². The second-order valence-electron chi connectivity index (χ2n) is 3.76. The smallest absolute Gasteiger partial charge is 0.269 e. The summed E-state index contributed by atoms with van der Waals surface area (Å²) in [7, 11) is 1.74. The minimum atomic E-state index is -0.188. The third kappa shape index (κ3) is 2.82. The van der Waals surface area contributed by atoms with E-state index in [4.69, 9.17) is 5.11 Å². The van der Waals surface area contributed by atoms with Crippen molar-refractivity contribution in [3.63, 3.8) is 0 Å². The Morgan fingerprint density at radius 1 is 1.62 bits per heavy atom. The molecule has 5 nitrogen and oxygen atoms in total. The maximum absolute atomic E-state index is 11.8. The first-order valence-electron chi connectivity index (χ1n) is 5.57. The summed E-state index contributed by atoms with van der Waals surface area (Å²) in [5.74, 6) is -0.185. The van der Waals surface area contributed by atoms with Crippen molar-refractivity contribution in [2.45, 2.75) is 32.7 Å².